The monoisotopic (exact) mass is 387 g/mol. The second-order valence-corrected chi connectivity index (χ2v) is 7.92. The molecule has 1 fully saturated rings. The second kappa shape index (κ2) is 10.3. The van der Waals surface area contributed by atoms with E-state index in [2.05, 4.69) is 29.0 Å². The zero-order valence-electron chi connectivity index (χ0n) is 16.1. The summed E-state index contributed by atoms with van der Waals surface area (Å²) >= 11 is 1.97. The van der Waals surface area contributed by atoms with Gasteiger partial charge in [-0.3, -0.25) is 0 Å². The number of ether oxygens (including phenoxy) is 1. The molecule has 1 aromatic carbocycles. The third kappa shape index (κ3) is 6.24. The van der Waals surface area contributed by atoms with Gasteiger partial charge >= 0.3 is 0 Å². The fourth-order valence-corrected chi connectivity index (χ4v) is 4.09. The zero-order valence-corrected chi connectivity index (χ0v) is 16.9. The summed E-state index contributed by atoms with van der Waals surface area (Å²) in [5, 5.41) is 7.84. The first-order valence-electron chi connectivity index (χ1n) is 9.50. The molecule has 27 heavy (non-hydrogen) atoms. The number of guanidine groups is 1. The zero-order chi connectivity index (χ0) is 18.9. The van der Waals surface area contributed by atoms with Crippen molar-refractivity contribution >= 4 is 17.7 Å². The van der Waals surface area contributed by atoms with Crippen LogP contribution in [0.15, 0.2) is 52.1 Å². The molecule has 2 aromatic rings. The van der Waals surface area contributed by atoms with Crippen LogP contribution in [-0.2, 0) is 13.0 Å². The first-order chi connectivity index (χ1) is 13.3. The molecular weight excluding hydrogens is 358 g/mol. The summed E-state index contributed by atoms with van der Waals surface area (Å²) in [6, 6.07) is 12.5. The molecule has 0 spiro atoms. The first-order valence-corrected chi connectivity index (χ1v) is 10.8. The number of benzene rings is 1. The smallest absolute Gasteiger partial charge is 0.191 e. The molecule has 146 valence electrons. The van der Waals surface area contributed by atoms with Crippen LogP contribution in [0.2, 0.25) is 0 Å². The molecule has 2 N–H and O–H groups in total. The van der Waals surface area contributed by atoms with Gasteiger partial charge in [0.1, 0.15) is 11.5 Å². The standard InChI is InChI=1S/C21H29N3O2S/c1-25-18-8-5-16(6-9-18)15-23-21(22-12-11-19-4-3-13-26-19)24-17-7-10-20(14-17)27-2/h3-6,8-9,13,17,20H,7,10-12,14-15H2,1-2H3,(H2,22,23,24). The minimum Gasteiger partial charge on any atom is -0.497 e. The average molecular weight is 388 g/mol. The molecule has 0 radical (unpaired) electrons. The number of thioether (sulfide) groups is 1. The lowest BCUT2D eigenvalue weighted by molar-refractivity contribution is 0.414. The topological polar surface area (TPSA) is 58.8 Å². The third-order valence-electron chi connectivity index (χ3n) is 4.88. The molecular formula is C21H29N3O2S. The van der Waals surface area contributed by atoms with Crippen molar-refractivity contribution in [2.24, 2.45) is 4.99 Å². The van der Waals surface area contributed by atoms with Crippen LogP contribution in [0.5, 0.6) is 5.75 Å². The van der Waals surface area contributed by atoms with E-state index in [9.17, 15) is 0 Å². The molecule has 0 bridgehead atoms. The summed E-state index contributed by atoms with van der Waals surface area (Å²) < 4.78 is 10.6. The van der Waals surface area contributed by atoms with Gasteiger partial charge in [-0.2, -0.15) is 11.8 Å². The summed E-state index contributed by atoms with van der Waals surface area (Å²) in [4.78, 5) is 4.80. The van der Waals surface area contributed by atoms with Crippen molar-refractivity contribution in [2.45, 2.75) is 43.5 Å². The maximum atomic E-state index is 5.41. The van der Waals surface area contributed by atoms with Crippen LogP contribution < -0.4 is 15.4 Å². The molecule has 3 rings (SSSR count). The summed E-state index contributed by atoms with van der Waals surface area (Å²) in [6.07, 6.45) is 8.43. The predicted octanol–water partition coefficient (Wildman–Crippen LogP) is 3.85. The van der Waals surface area contributed by atoms with Crippen molar-refractivity contribution in [3.8, 4) is 5.75 Å². The Bertz CT molecular complexity index is 701. The lowest BCUT2D eigenvalue weighted by Crippen LogP contribution is -2.43. The van der Waals surface area contributed by atoms with E-state index in [1.165, 1.54) is 19.3 Å². The predicted molar refractivity (Wildman–Crippen MR) is 113 cm³/mol. The lowest BCUT2D eigenvalue weighted by Gasteiger charge is -2.18. The Morgan fingerprint density at radius 3 is 2.78 bits per heavy atom. The third-order valence-corrected chi connectivity index (χ3v) is 5.98. The Kier molecular flexibility index (Phi) is 7.51. The number of hydrogen-bond acceptors (Lipinski definition) is 4. The Balaban J connectivity index is 1.58. The van der Waals surface area contributed by atoms with Crippen molar-refractivity contribution in [3.63, 3.8) is 0 Å². The molecule has 2 atom stereocenters. The van der Waals surface area contributed by atoms with Crippen molar-refractivity contribution in [1.29, 1.82) is 0 Å². The Labute approximate surface area is 166 Å². The van der Waals surface area contributed by atoms with E-state index in [-0.39, 0.29) is 0 Å². The molecule has 2 unspecified atom stereocenters. The van der Waals surface area contributed by atoms with Gasteiger partial charge in [0, 0.05) is 24.3 Å². The van der Waals surface area contributed by atoms with Gasteiger partial charge in [-0.15, -0.1) is 0 Å². The SMILES string of the molecule is COc1ccc(CN=C(NCCc2ccco2)NC2CCC(SC)C2)cc1. The Morgan fingerprint density at radius 2 is 2.11 bits per heavy atom. The number of aliphatic imine (C=N–C) groups is 1. The number of hydrogen-bond donors (Lipinski definition) is 2. The van der Waals surface area contributed by atoms with Crippen LogP contribution in [0, 0.1) is 0 Å². The van der Waals surface area contributed by atoms with E-state index in [0.29, 0.717) is 12.6 Å². The highest BCUT2D eigenvalue weighted by atomic mass is 32.2. The van der Waals surface area contributed by atoms with Crippen LogP contribution in [0.1, 0.15) is 30.6 Å². The minimum absolute atomic E-state index is 0.494. The quantitative estimate of drug-likeness (QED) is 0.532. The highest BCUT2D eigenvalue weighted by Gasteiger charge is 2.24. The van der Waals surface area contributed by atoms with Gasteiger partial charge in [-0.25, -0.2) is 4.99 Å². The van der Waals surface area contributed by atoms with Gasteiger partial charge in [0.25, 0.3) is 0 Å². The van der Waals surface area contributed by atoms with Crippen LogP contribution in [-0.4, -0.2) is 37.2 Å². The van der Waals surface area contributed by atoms with Crippen LogP contribution in [0.25, 0.3) is 0 Å². The maximum Gasteiger partial charge on any atom is 0.191 e. The van der Waals surface area contributed by atoms with Crippen LogP contribution >= 0.6 is 11.8 Å². The lowest BCUT2D eigenvalue weighted by atomic mass is 10.2. The average Bonchev–Trinajstić information content (AvgIpc) is 3.38. The van der Waals surface area contributed by atoms with Gasteiger partial charge in [0.2, 0.25) is 0 Å². The number of nitrogens with zero attached hydrogens (tertiary/aromatic N) is 1. The van der Waals surface area contributed by atoms with Crippen molar-refractivity contribution < 1.29 is 9.15 Å². The fraction of sp³-hybridized carbons (Fsp3) is 0.476. The van der Waals surface area contributed by atoms with Crippen molar-refractivity contribution in [1.82, 2.24) is 10.6 Å². The number of methoxy groups -OCH3 is 1. The Hall–Kier alpha value is -2.08. The fourth-order valence-electron chi connectivity index (χ4n) is 3.29. The number of furan rings is 1. The van der Waals surface area contributed by atoms with Crippen molar-refractivity contribution in [2.75, 3.05) is 19.9 Å². The van der Waals surface area contributed by atoms with Crippen LogP contribution in [0.4, 0.5) is 0 Å². The molecule has 5 nitrogen and oxygen atoms in total. The van der Waals surface area contributed by atoms with Gasteiger partial charge in [0.15, 0.2) is 5.96 Å². The van der Waals surface area contributed by atoms with Crippen LogP contribution in [0.3, 0.4) is 0 Å². The van der Waals surface area contributed by atoms with E-state index in [4.69, 9.17) is 14.1 Å². The maximum absolute atomic E-state index is 5.41. The van der Waals surface area contributed by atoms with Gasteiger partial charge in [-0.1, -0.05) is 12.1 Å². The summed E-state index contributed by atoms with van der Waals surface area (Å²) in [7, 11) is 1.68. The minimum atomic E-state index is 0.494. The summed E-state index contributed by atoms with van der Waals surface area (Å²) in [5.74, 6) is 2.73. The van der Waals surface area contributed by atoms with Crippen molar-refractivity contribution in [3.05, 3.63) is 54.0 Å². The van der Waals surface area contributed by atoms with E-state index in [0.717, 1.165) is 41.2 Å². The molecule has 1 saturated carbocycles. The summed E-state index contributed by atoms with van der Waals surface area (Å²) in [5.41, 5.74) is 1.16. The van der Waals surface area contributed by atoms with Gasteiger partial charge in [0.05, 0.1) is 19.9 Å². The van der Waals surface area contributed by atoms with E-state index in [1.807, 2.05) is 36.0 Å². The highest BCUT2D eigenvalue weighted by Crippen LogP contribution is 2.28. The highest BCUT2D eigenvalue weighted by molar-refractivity contribution is 7.99. The molecule has 1 aliphatic carbocycles. The Morgan fingerprint density at radius 1 is 1.26 bits per heavy atom. The largest absolute Gasteiger partial charge is 0.497 e. The van der Waals surface area contributed by atoms with Gasteiger partial charge < -0.3 is 19.8 Å². The first kappa shape index (κ1) is 19.7. The van der Waals surface area contributed by atoms with E-state index >= 15 is 0 Å². The molecule has 0 amide bonds. The molecule has 0 aliphatic heterocycles. The molecule has 0 saturated heterocycles. The molecule has 6 heteroatoms. The van der Waals surface area contributed by atoms with E-state index in [1.54, 1.807) is 13.4 Å². The van der Waals surface area contributed by atoms with E-state index < -0.39 is 0 Å². The summed E-state index contributed by atoms with van der Waals surface area (Å²) in [6.45, 7) is 1.43. The molecule has 1 heterocycles. The second-order valence-electron chi connectivity index (χ2n) is 6.78. The molecule has 1 aliphatic rings. The van der Waals surface area contributed by atoms with Gasteiger partial charge in [-0.05, 0) is 55.3 Å². The molecule has 1 aromatic heterocycles. The normalized spacial score (nSPS) is 19.9. The number of rotatable bonds is 8. The number of nitrogens with one attached hydrogen (secondary N) is 2.